The molecule has 0 spiro atoms. The molecule has 1 unspecified atom stereocenters. The van der Waals surface area contributed by atoms with Crippen molar-refractivity contribution in [1.82, 2.24) is 20.1 Å². The summed E-state index contributed by atoms with van der Waals surface area (Å²) in [6, 6.07) is 9.91. The van der Waals surface area contributed by atoms with Gasteiger partial charge in [-0.3, -0.25) is 4.98 Å². The van der Waals surface area contributed by atoms with Gasteiger partial charge in [0, 0.05) is 24.7 Å². The van der Waals surface area contributed by atoms with E-state index in [9.17, 15) is 0 Å². The van der Waals surface area contributed by atoms with E-state index in [1.54, 1.807) is 23.7 Å². The summed E-state index contributed by atoms with van der Waals surface area (Å²) in [5, 5.41) is 9.34. The molecule has 0 aliphatic heterocycles. The van der Waals surface area contributed by atoms with Crippen molar-refractivity contribution < 1.29 is 4.52 Å². The molecule has 1 atom stereocenters. The van der Waals surface area contributed by atoms with E-state index >= 15 is 0 Å². The number of hydrogen-bond acceptors (Lipinski definition) is 7. The van der Waals surface area contributed by atoms with Gasteiger partial charge in [0.2, 0.25) is 5.95 Å². The van der Waals surface area contributed by atoms with Crippen LogP contribution in [-0.4, -0.2) is 20.1 Å². The monoisotopic (exact) mass is 363 g/mol. The maximum atomic E-state index is 5.43. The molecule has 1 N–H and O–H groups in total. The number of aromatic nitrogens is 4. The molecule has 4 heterocycles. The third kappa shape index (κ3) is 3.34. The molecule has 0 amide bonds. The summed E-state index contributed by atoms with van der Waals surface area (Å²) in [4.78, 5) is 14.4. The third-order valence-corrected chi connectivity index (χ3v) is 4.84. The zero-order valence-corrected chi connectivity index (χ0v) is 15.2. The third-order valence-electron chi connectivity index (χ3n) is 3.97. The quantitative estimate of drug-likeness (QED) is 0.552. The summed E-state index contributed by atoms with van der Waals surface area (Å²) in [5.41, 5.74) is 3.55. The Balaban J connectivity index is 1.71. The van der Waals surface area contributed by atoms with Gasteiger partial charge < -0.3 is 9.84 Å². The predicted octanol–water partition coefficient (Wildman–Crippen LogP) is 4.74. The van der Waals surface area contributed by atoms with Crippen LogP contribution in [0.4, 0.5) is 5.95 Å². The minimum Gasteiger partial charge on any atom is -0.356 e. The van der Waals surface area contributed by atoms with Gasteiger partial charge in [-0.05, 0) is 36.9 Å². The van der Waals surface area contributed by atoms with Crippen molar-refractivity contribution in [2.24, 2.45) is 0 Å². The van der Waals surface area contributed by atoms with Crippen molar-refractivity contribution in [3.05, 3.63) is 65.6 Å². The number of nitrogens with zero attached hydrogens (tertiary/aromatic N) is 4. The fourth-order valence-electron chi connectivity index (χ4n) is 2.63. The molecule has 0 saturated carbocycles. The zero-order valence-electron chi connectivity index (χ0n) is 14.4. The van der Waals surface area contributed by atoms with Crippen LogP contribution in [0.2, 0.25) is 0 Å². The first-order valence-electron chi connectivity index (χ1n) is 8.22. The molecule has 6 nitrogen and oxygen atoms in total. The van der Waals surface area contributed by atoms with Crippen LogP contribution in [0.1, 0.15) is 24.2 Å². The Kier molecular flexibility index (Phi) is 4.45. The van der Waals surface area contributed by atoms with E-state index in [0.29, 0.717) is 11.7 Å². The lowest BCUT2D eigenvalue weighted by atomic mass is 10.1. The van der Waals surface area contributed by atoms with Crippen LogP contribution in [0.15, 0.2) is 58.8 Å². The largest absolute Gasteiger partial charge is 0.356 e. The molecule has 4 rings (SSSR count). The zero-order chi connectivity index (χ0) is 17.9. The Hall–Kier alpha value is -3.06. The van der Waals surface area contributed by atoms with Crippen LogP contribution < -0.4 is 5.32 Å². The van der Waals surface area contributed by atoms with Crippen molar-refractivity contribution in [3.8, 4) is 21.9 Å². The molecule has 4 aromatic rings. The summed E-state index contributed by atoms with van der Waals surface area (Å²) in [6.07, 6.45) is 5.37. The second kappa shape index (κ2) is 7.05. The molecule has 0 aliphatic carbocycles. The Morgan fingerprint density at radius 1 is 1.19 bits per heavy atom. The standard InChI is InChI=1S/C19H17N5OS/c1-12-9-16(25-24-12)15-11-21-19(23-18(15)17-6-4-8-26-17)22-13(2)14-5-3-7-20-10-14/h3-11,13H,1-2H3,(H,21,22,23). The first kappa shape index (κ1) is 16.4. The van der Waals surface area contributed by atoms with E-state index in [-0.39, 0.29) is 6.04 Å². The molecule has 4 aromatic heterocycles. The summed E-state index contributed by atoms with van der Waals surface area (Å²) in [7, 11) is 0. The highest BCUT2D eigenvalue weighted by Crippen LogP contribution is 2.34. The first-order chi connectivity index (χ1) is 12.7. The summed E-state index contributed by atoms with van der Waals surface area (Å²) < 4.78 is 5.43. The van der Waals surface area contributed by atoms with Gasteiger partial charge in [0.05, 0.1) is 27.9 Å². The van der Waals surface area contributed by atoms with Gasteiger partial charge >= 0.3 is 0 Å². The molecule has 26 heavy (non-hydrogen) atoms. The van der Waals surface area contributed by atoms with Crippen molar-refractivity contribution in [3.63, 3.8) is 0 Å². The molecule has 7 heteroatoms. The first-order valence-corrected chi connectivity index (χ1v) is 9.10. The van der Waals surface area contributed by atoms with Crippen LogP contribution >= 0.6 is 11.3 Å². The fourth-order valence-corrected chi connectivity index (χ4v) is 3.36. The van der Waals surface area contributed by atoms with Crippen LogP contribution in [0, 0.1) is 6.92 Å². The number of hydrogen-bond donors (Lipinski definition) is 1. The minimum absolute atomic E-state index is 0.0401. The summed E-state index contributed by atoms with van der Waals surface area (Å²) in [6.45, 7) is 3.95. The molecule has 0 aromatic carbocycles. The minimum atomic E-state index is 0.0401. The van der Waals surface area contributed by atoms with Gasteiger partial charge in [-0.2, -0.15) is 0 Å². The Morgan fingerprint density at radius 2 is 2.12 bits per heavy atom. The highest BCUT2D eigenvalue weighted by atomic mass is 32.1. The summed E-state index contributed by atoms with van der Waals surface area (Å²) in [5.74, 6) is 1.22. The number of aryl methyl sites for hydroxylation is 1. The van der Waals surface area contributed by atoms with Gasteiger partial charge in [0.1, 0.15) is 0 Å². The second-order valence-corrected chi connectivity index (χ2v) is 6.87. The van der Waals surface area contributed by atoms with E-state index in [4.69, 9.17) is 9.51 Å². The van der Waals surface area contributed by atoms with Crippen LogP contribution in [0.5, 0.6) is 0 Å². The van der Waals surface area contributed by atoms with E-state index in [0.717, 1.165) is 27.4 Å². The van der Waals surface area contributed by atoms with Gasteiger partial charge in [0.25, 0.3) is 0 Å². The SMILES string of the molecule is Cc1cc(-c2cnc(NC(C)c3cccnc3)nc2-c2cccs2)on1. The van der Waals surface area contributed by atoms with Crippen molar-refractivity contribution in [2.75, 3.05) is 5.32 Å². The van der Waals surface area contributed by atoms with Crippen molar-refractivity contribution in [1.29, 1.82) is 0 Å². The van der Waals surface area contributed by atoms with Crippen LogP contribution in [0.3, 0.4) is 0 Å². The molecule has 130 valence electrons. The Labute approximate surface area is 155 Å². The van der Waals surface area contributed by atoms with Gasteiger partial charge in [0.15, 0.2) is 5.76 Å². The lowest BCUT2D eigenvalue weighted by Crippen LogP contribution is -2.10. The molecular formula is C19H17N5OS. The maximum absolute atomic E-state index is 5.43. The number of pyridine rings is 1. The van der Waals surface area contributed by atoms with Crippen molar-refractivity contribution >= 4 is 17.3 Å². The Bertz CT molecular complexity index is 998. The number of rotatable bonds is 5. The molecular weight excluding hydrogens is 346 g/mol. The fraction of sp³-hybridized carbons (Fsp3) is 0.158. The summed E-state index contributed by atoms with van der Waals surface area (Å²) >= 11 is 1.63. The molecule has 0 aliphatic rings. The highest BCUT2D eigenvalue weighted by molar-refractivity contribution is 7.13. The Morgan fingerprint density at radius 3 is 2.81 bits per heavy atom. The highest BCUT2D eigenvalue weighted by Gasteiger charge is 2.17. The van der Waals surface area contributed by atoms with Gasteiger partial charge in [-0.1, -0.05) is 17.3 Å². The van der Waals surface area contributed by atoms with E-state index in [1.807, 2.05) is 48.8 Å². The van der Waals surface area contributed by atoms with Gasteiger partial charge in [-0.15, -0.1) is 11.3 Å². The number of anilines is 1. The second-order valence-electron chi connectivity index (χ2n) is 5.92. The van der Waals surface area contributed by atoms with Crippen LogP contribution in [-0.2, 0) is 0 Å². The van der Waals surface area contributed by atoms with Gasteiger partial charge in [-0.25, -0.2) is 9.97 Å². The van der Waals surface area contributed by atoms with Crippen LogP contribution in [0.25, 0.3) is 21.9 Å². The number of nitrogens with one attached hydrogen (secondary N) is 1. The normalized spacial score (nSPS) is 12.1. The topological polar surface area (TPSA) is 76.7 Å². The molecule has 0 bridgehead atoms. The lowest BCUT2D eigenvalue weighted by Gasteiger charge is -2.15. The van der Waals surface area contributed by atoms with E-state index < -0.39 is 0 Å². The predicted molar refractivity (Wildman–Crippen MR) is 102 cm³/mol. The lowest BCUT2D eigenvalue weighted by molar-refractivity contribution is 0.427. The number of thiophene rings is 1. The van der Waals surface area contributed by atoms with Crippen molar-refractivity contribution in [2.45, 2.75) is 19.9 Å². The average molecular weight is 363 g/mol. The van der Waals surface area contributed by atoms with E-state index in [2.05, 4.69) is 27.4 Å². The maximum Gasteiger partial charge on any atom is 0.223 e. The molecule has 0 fully saturated rings. The molecule has 0 saturated heterocycles. The van der Waals surface area contributed by atoms with E-state index in [1.165, 1.54) is 0 Å². The smallest absolute Gasteiger partial charge is 0.223 e. The molecule has 0 radical (unpaired) electrons. The average Bonchev–Trinajstić information content (AvgIpc) is 3.34.